The van der Waals surface area contributed by atoms with Crippen molar-refractivity contribution in [2.45, 2.75) is 25.2 Å². The topological polar surface area (TPSA) is 4.93 Å². The summed E-state index contributed by atoms with van der Waals surface area (Å²) in [6.07, 6.45) is 1.04. The molecule has 1 aliphatic carbocycles. The van der Waals surface area contributed by atoms with Crippen LogP contribution in [-0.2, 0) is 6.42 Å². The Morgan fingerprint density at radius 2 is 1.00 bits per heavy atom. The van der Waals surface area contributed by atoms with Crippen molar-refractivity contribution in [3.8, 4) is 27.9 Å². The van der Waals surface area contributed by atoms with Crippen molar-refractivity contribution in [1.29, 1.82) is 0 Å². The summed E-state index contributed by atoms with van der Waals surface area (Å²) in [5.41, 5.74) is 13.1. The van der Waals surface area contributed by atoms with Crippen LogP contribution >= 0.6 is 0 Å². The molecule has 1 aliphatic rings. The Hall–Kier alpha value is -6.44. The Bertz CT molecular complexity index is 3020. The minimum Gasteiger partial charge on any atom is -0.309 e. The number of hydrogen-bond donors (Lipinski definition) is 0. The van der Waals surface area contributed by atoms with Crippen LogP contribution < -0.4 is 0 Å². The molecule has 11 rings (SSSR count). The van der Waals surface area contributed by atoms with Gasteiger partial charge in [-0.25, -0.2) is 0 Å². The van der Waals surface area contributed by atoms with E-state index in [0.29, 0.717) is 11.8 Å². The average molecular weight is 676 g/mol. The van der Waals surface area contributed by atoms with E-state index in [1.807, 2.05) is 0 Å². The molecule has 0 fully saturated rings. The second-order valence-corrected chi connectivity index (χ2v) is 14.9. The summed E-state index contributed by atoms with van der Waals surface area (Å²) in [4.78, 5) is 0. The van der Waals surface area contributed by atoms with Gasteiger partial charge in [-0.1, -0.05) is 153 Å². The zero-order valence-corrected chi connectivity index (χ0v) is 29.6. The average Bonchev–Trinajstić information content (AvgIpc) is 3.50. The number of hydrogen-bond acceptors (Lipinski definition) is 0. The minimum atomic E-state index is 0.395. The van der Waals surface area contributed by atoms with Crippen LogP contribution in [0.5, 0.6) is 0 Å². The maximum absolute atomic E-state index is 2.46. The fraction of sp³-hybridized carbons (Fsp3) is 0.0769. The largest absolute Gasteiger partial charge is 0.309 e. The van der Waals surface area contributed by atoms with Crippen molar-refractivity contribution < 1.29 is 0 Å². The first-order chi connectivity index (χ1) is 26.2. The maximum atomic E-state index is 2.46. The first-order valence-electron chi connectivity index (χ1n) is 18.9. The Kier molecular flexibility index (Phi) is 6.73. The van der Waals surface area contributed by atoms with Gasteiger partial charge in [-0.15, -0.1) is 0 Å². The van der Waals surface area contributed by atoms with Crippen LogP contribution in [0.1, 0.15) is 35.4 Å². The molecule has 0 saturated carbocycles. The van der Waals surface area contributed by atoms with Gasteiger partial charge in [-0.3, -0.25) is 0 Å². The van der Waals surface area contributed by atoms with Gasteiger partial charge in [0.05, 0.1) is 11.0 Å². The second-order valence-electron chi connectivity index (χ2n) is 14.9. The molecule has 0 N–H and O–H groups in total. The van der Waals surface area contributed by atoms with Gasteiger partial charge in [0.15, 0.2) is 0 Å². The summed E-state index contributed by atoms with van der Waals surface area (Å²) in [5, 5.41) is 10.3. The summed E-state index contributed by atoms with van der Waals surface area (Å²) in [5.74, 6) is 0.824. The lowest BCUT2D eigenvalue weighted by Crippen LogP contribution is -2.10. The highest BCUT2D eigenvalue weighted by Crippen LogP contribution is 2.47. The number of nitrogens with zero attached hydrogens (tertiary/aromatic N) is 1. The molecule has 1 heteroatoms. The summed E-state index contributed by atoms with van der Waals surface area (Å²) in [6.45, 7) is 2.42. The van der Waals surface area contributed by atoms with Crippen LogP contribution in [-0.4, -0.2) is 4.57 Å². The third kappa shape index (κ3) is 4.64. The van der Waals surface area contributed by atoms with Crippen molar-refractivity contribution in [1.82, 2.24) is 4.57 Å². The third-order valence-electron chi connectivity index (χ3n) is 12.1. The highest BCUT2D eigenvalue weighted by Gasteiger charge is 2.29. The summed E-state index contributed by atoms with van der Waals surface area (Å²) >= 11 is 0. The van der Waals surface area contributed by atoms with E-state index in [-0.39, 0.29) is 0 Å². The van der Waals surface area contributed by atoms with Gasteiger partial charge in [0.2, 0.25) is 0 Å². The van der Waals surface area contributed by atoms with Gasteiger partial charge in [0.25, 0.3) is 0 Å². The van der Waals surface area contributed by atoms with E-state index in [9.17, 15) is 0 Å². The van der Waals surface area contributed by atoms with Gasteiger partial charge in [0, 0.05) is 16.5 Å². The molecule has 1 heterocycles. The SMILES string of the molecule is CC1c2ccc(-c3ccc4c(c3)c3ccccc3n4-c3ccc4c5ccccc5c5ccccc5c4c3)cc2-c2ccccc2CC1c1ccccc1. The number of aromatic nitrogens is 1. The highest BCUT2D eigenvalue weighted by molar-refractivity contribution is 6.25. The molecule has 0 amide bonds. The molecule has 1 nitrogen and oxygen atoms in total. The summed E-state index contributed by atoms with van der Waals surface area (Å²) in [7, 11) is 0. The van der Waals surface area contributed by atoms with Gasteiger partial charge >= 0.3 is 0 Å². The van der Waals surface area contributed by atoms with E-state index < -0.39 is 0 Å². The van der Waals surface area contributed by atoms with Crippen molar-refractivity contribution in [2.75, 3.05) is 0 Å². The smallest absolute Gasteiger partial charge is 0.0541 e. The molecule has 0 bridgehead atoms. The van der Waals surface area contributed by atoms with Gasteiger partial charge in [-0.2, -0.15) is 0 Å². The number of fused-ring (bicyclic) bond motifs is 12. The Morgan fingerprint density at radius 1 is 0.415 bits per heavy atom. The van der Waals surface area contributed by atoms with Gasteiger partial charge < -0.3 is 4.57 Å². The molecular formula is C52H37N. The molecule has 10 aromatic rings. The lowest BCUT2D eigenvalue weighted by molar-refractivity contribution is 0.579. The zero-order chi connectivity index (χ0) is 35.0. The number of rotatable bonds is 3. The summed E-state index contributed by atoms with van der Waals surface area (Å²) in [6, 6.07) is 68.0. The van der Waals surface area contributed by atoms with E-state index in [1.54, 1.807) is 0 Å². The maximum Gasteiger partial charge on any atom is 0.0541 e. The monoisotopic (exact) mass is 675 g/mol. The second kappa shape index (κ2) is 11.8. The number of para-hydroxylation sites is 1. The molecule has 250 valence electrons. The molecular weight excluding hydrogens is 639 g/mol. The lowest BCUT2D eigenvalue weighted by atomic mass is 9.80. The number of benzene rings is 9. The van der Waals surface area contributed by atoms with Crippen LogP contribution in [0.2, 0.25) is 0 Å². The minimum absolute atomic E-state index is 0.395. The Morgan fingerprint density at radius 3 is 1.77 bits per heavy atom. The van der Waals surface area contributed by atoms with Crippen molar-refractivity contribution in [3.63, 3.8) is 0 Å². The lowest BCUT2D eigenvalue weighted by Gasteiger charge is -2.24. The Labute approximate surface area is 309 Å². The molecule has 9 aromatic carbocycles. The normalized spacial score (nSPS) is 15.6. The first kappa shape index (κ1) is 30.2. The molecule has 0 saturated heterocycles. The molecule has 0 aliphatic heterocycles. The van der Waals surface area contributed by atoms with Crippen LogP contribution in [0, 0.1) is 0 Å². The van der Waals surface area contributed by atoms with Crippen LogP contribution in [0.25, 0.3) is 82.1 Å². The quantitative estimate of drug-likeness (QED) is 0.164. The van der Waals surface area contributed by atoms with Crippen molar-refractivity contribution in [3.05, 3.63) is 199 Å². The standard InChI is InChI=1S/C52H37N/c1-33-39-26-23-35(29-48(39)40-16-6-5-15-37(40)31-47(33)34-13-3-2-4-14-34)36-24-28-52-50(30-36)46-21-11-12-22-51(46)53(52)38-25-27-45-43-19-8-7-17-41(43)42-18-9-10-20-44(42)49(45)32-38/h2-30,32-33,47H,31H2,1H3. The predicted octanol–water partition coefficient (Wildman–Crippen LogP) is 14.0. The highest BCUT2D eigenvalue weighted by atomic mass is 15.0. The molecule has 0 radical (unpaired) electrons. The van der Waals surface area contributed by atoms with E-state index in [2.05, 4.69) is 193 Å². The molecule has 0 spiro atoms. The zero-order valence-electron chi connectivity index (χ0n) is 29.6. The Balaban J connectivity index is 1.08. The van der Waals surface area contributed by atoms with Crippen LogP contribution in [0.3, 0.4) is 0 Å². The van der Waals surface area contributed by atoms with Crippen LogP contribution in [0.15, 0.2) is 182 Å². The predicted molar refractivity (Wildman–Crippen MR) is 225 cm³/mol. The van der Waals surface area contributed by atoms with Gasteiger partial charge in [0.1, 0.15) is 0 Å². The van der Waals surface area contributed by atoms with E-state index >= 15 is 0 Å². The molecule has 2 atom stereocenters. The van der Waals surface area contributed by atoms with Gasteiger partial charge in [-0.05, 0) is 126 Å². The third-order valence-corrected chi connectivity index (χ3v) is 12.1. The fourth-order valence-corrected chi connectivity index (χ4v) is 9.53. The summed E-state index contributed by atoms with van der Waals surface area (Å²) < 4.78 is 2.45. The van der Waals surface area contributed by atoms with E-state index in [4.69, 9.17) is 0 Å². The fourth-order valence-electron chi connectivity index (χ4n) is 9.53. The van der Waals surface area contributed by atoms with Crippen molar-refractivity contribution >= 4 is 54.1 Å². The molecule has 1 aromatic heterocycles. The van der Waals surface area contributed by atoms with E-state index in [1.165, 1.54) is 98.8 Å². The molecule has 2 unspecified atom stereocenters. The van der Waals surface area contributed by atoms with Crippen LogP contribution in [0.4, 0.5) is 0 Å². The first-order valence-corrected chi connectivity index (χ1v) is 18.9. The van der Waals surface area contributed by atoms with E-state index in [0.717, 1.165) is 6.42 Å². The molecule has 53 heavy (non-hydrogen) atoms. The van der Waals surface area contributed by atoms with Crippen molar-refractivity contribution in [2.24, 2.45) is 0 Å².